The average molecular weight is 178 g/mol. The predicted octanol–water partition coefficient (Wildman–Crippen LogP) is 1.95. The number of nitrogens with one attached hydrogen (secondary N) is 1. The highest BCUT2D eigenvalue weighted by molar-refractivity contribution is 5.82. The van der Waals surface area contributed by atoms with Crippen LogP contribution in [0.4, 0.5) is 0 Å². The minimum atomic E-state index is 0.829. The van der Waals surface area contributed by atoms with Crippen LogP contribution in [0.3, 0.4) is 0 Å². The summed E-state index contributed by atoms with van der Waals surface area (Å²) < 4.78 is 4.97. The number of aliphatic imine (C=N–C) groups is 1. The molecule has 0 bridgehead atoms. The first-order chi connectivity index (χ1) is 6.45. The molecule has 3 nitrogen and oxygen atoms in total. The second kappa shape index (κ2) is 4.12. The third kappa shape index (κ3) is 2.34. The topological polar surface area (TPSA) is 37.5 Å². The SMILES string of the molecule is c1cc(CNC2=NCCCC2)co1. The van der Waals surface area contributed by atoms with Gasteiger partial charge in [0.1, 0.15) is 0 Å². The molecule has 1 aromatic heterocycles. The third-order valence-corrected chi connectivity index (χ3v) is 2.20. The van der Waals surface area contributed by atoms with Gasteiger partial charge in [0, 0.05) is 25.1 Å². The van der Waals surface area contributed by atoms with Crippen LogP contribution >= 0.6 is 0 Å². The standard InChI is InChI=1S/C10H14N2O/c1-2-5-11-10(3-1)12-7-9-4-6-13-8-9/h4,6,8H,1-3,5,7H2,(H,11,12). The van der Waals surface area contributed by atoms with Crippen molar-refractivity contribution >= 4 is 5.84 Å². The van der Waals surface area contributed by atoms with E-state index in [1.165, 1.54) is 18.4 Å². The highest BCUT2D eigenvalue weighted by atomic mass is 16.3. The van der Waals surface area contributed by atoms with Crippen molar-refractivity contribution < 1.29 is 4.42 Å². The van der Waals surface area contributed by atoms with Crippen LogP contribution in [0.1, 0.15) is 24.8 Å². The number of hydrogen-bond acceptors (Lipinski definition) is 3. The zero-order valence-corrected chi connectivity index (χ0v) is 7.62. The number of nitrogens with zero attached hydrogens (tertiary/aromatic N) is 1. The molecule has 0 amide bonds. The molecule has 0 saturated heterocycles. The second-order valence-electron chi connectivity index (χ2n) is 3.27. The molecule has 13 heavy (non-hydrogen) atoms. The Hall–Kier alpha value is -1.25. The van der Waals surface area contributed by atoms with E-state index in [2.05, 4.69) is 10.3 Å². The van der Waals surface area contributed by atoms with Crippen molar-refractivity contribution in [3.8, 4) is 0 Å². The van der Waals surface area contributed by atoms with Crippen LogP contribution in [0.5, 0.6) is 0 Å². The first kappa shape index (κ1) is 8.35. The molecule has 0 saturated carbocycles. The molecule has 0 aliphatic carbocycles. The average Bonchev–Trinajstić information content (AvgIpc) is 2.69. The van der Waals surface area contributed by atoms with Gasteiger partial charge >= 0.3 is 0 Å². The Labute approximate surface area is 77.9 Å². The smallest absolute Gasteiger partial charge is 0.0965 e. The predicted molar refractivity (Wildman–Crippen MR) is 51.7 cm³/mol. The molecule has 0 aromatic carbocycles. The van der Waals surface area contributed by atoms with E-state index in [-0.39, 0.29) is 0 Å². The summed E-state index contributed by atoms with van der Waals surface area (Å²) in [5.74, 6) is 1.15. The number of amidine groups is 1. The Morgan fingerprint density at radius 1 is 1.46 bits per heavy atom. The molecule has 2 rings (SSSR count). The van der Waals surface area contributed by atoms with Gasteiger partial charge in [-0.1, -0.05) is 0 Å². The second-order valence-corrected chi connectivity index (χ2v) is 3.27. The fraction of sp³-hybridized carbons (Fsp3) is 0.500. The summed E-state index contributed by atoms with van der Waals surface area (Å²) in [7, 11) is 0. The monoisotopic (exact) mass is 178 g/mol. The van der Waals surface area contributed by atoms with Gasteiger partial charge in [-0.15, -0.1) is 0 Å². The number of furan rings is 1. The zero-order valence-electron chi connectivity index (χ0n) is 7.62. The van der Waals surface area contributed by atoms with E-state index >= 15 is 0 Å². The molecule has 0 atom stereocenters. The van der Waals surface area contributed by atoms with Gasteiger partial charge in [-0.25, -0.2) is 0 Å². The maximum Gasteiger partial charge on any atom is 0.0965 e. The first-order valence-corrected chi connectivity index (χ1v) is 4.73. The lowest BCUT2D eigenvalue weighted by Gasteiger charge is -2.12. The van der Waals surface area contributed by atoms with Crippen LogP contribution in [0.15, 0.2) is 28.0 Å². The molecule has 0 fully saturated rings. The quantitative estimate of drug-likeness (QED) is 0.751. The van der Waals surface area contributed by atoms with Gasteiger partial charge in [-0.05, 0) is 18.9 Å². The maximum absolute atomic E-state index is 4.97. The van der Waals surface area contributed by atoms with Crippen molar-refractivity contribution in [1.82, 2.24) is 5.32 Å². The molecule has 1 aliphatic rings. The molecular formula is C10H14N2O. The van der Waals surface area contributed by atoms with E-state index < -0.39 is 0 Å². The van der Waals surface area contributed by atoms with E-state index in [1.807, 2.05) is 6.07 Å². The van der Waals surface area contributed by atoms with Gasteiger partial charge in [-0.3, -0.25) is 4.99 Å². The minimum Gasteiger partial charge on any atom is -0.472 e. The van der Waals surface area contributed by atoms with Crippen molar-refractivity contribution in [2.24, 2.45) is 4.99 Å². The van der Waals surface area contributed by atoms with Crippen molar-refractivity contribution in [3.63, 3.8) is 0 Å². The molecule has 3 heteroatoms. The van der Waals surface area contributed by atoms with E-state index in [4.69, 9.17) is 4.42 Å². The van der Waals surface area contributed by atoms with Crippen LogP contribution < -0.4 is 5.32 Å². The van der Waals surface area contributed by atoms with Crippen molar-refractivity contribution in [3.05, 3.63) is 24.2 Å². The molecule has 1 N–H and O–H groups in total. The van der Waals surface area contributed by atoms with Gasteiger partial charge in [-0.2, -0.15) is 0 Å². The Kier molecular flexibility index (Phi) is 2.65. The van der Waals surface area contributed by atoms with Crippen LogP contribution in [0, 0.1) is 0 Å². The summed E-state index contributed by atoms with van der Waals surface area (Å²) in [6.07, 6.45) is 7.04. The molecule has 70 valence electrons. The normalized spacial score (nSPS) is 16.8. The molecule has 2 heterocycles. The summed E-state index contributed by atoms with van der Waals surface area (Å²) >= 11 is 0. The zero-order chi connectivity index (χ0) is 8.93. The highest BCUT2D eigenvalue weighted by Crippen LogP contribution is 2.05. The molecule has 1 aromatic rings. The summed E-state index contributed by atoms with van der Waals surface area (Å²) in [6.45, 7) is 1.81. The highest BCUT2D eigenvalue weighted by Gasteiger charge is 2.04. The summed E-state index contributed by atoms with van der Waals surface area (Å²) in [5.41, 5.74) is 1.17. The van der Waals surface area contributed by atoms with E-state index in [9.17, 15) is 0 Å². The largest absolute Gasteiger partial charge is 0.472 e. The van der Waals surface area contributed by atoms with Crippen LogP contribution in [-0.4, -0.2) is 12.4 Å². The van der Waals surface area contributed by atoms with Gasteiger partial charge < -0.3 is 9.73 Å². The molecular weight excluding hydrogens is 164 g/mol. The lowest BCUT2D eigenvalue weighted by Crippen LogP contribution is -2.25. The molecule has 0 spiro atoms. The lowest BCUT2D eigenvalue weighted by molar-refractivity contribution is 0.563. The molecule has 1 aliphatic heterocycles. The Morgan fingerprint density at radius 3 is 3.15 bits per heavy atom. The van der Waals surface area contributed by atoms with Crippen molar-refractivity contribution in [2.75, 3.05) is 6.54 Å². The minimum absolute atomic E-state index is 0.829. The number of rotatable bonds is 2. The van der Waals surface area contributed by atoms with Crippen molar-refractivity contribution in [2.45, 2.75) is 25.8 Å². The maximum atomic E-state index is 4.97. The van der Waals surface area contributed by atoms with Gasteiger partial charge in [0.15, 0.2) is 0 Å². The third-order valence-electron chi connectivity index (χ3n) is 2.20. The van der Waals surface area contributed by atoms with E-state index in [0.717, 1.165) is 25.3 Å². The fourth-order valence-electron chi connectivity index (χ4n) is 1.44. The Morgan fingerprint density at radius 2 is 2.46 bits per heavy atom. The van der Waals surface area contributed by atoms with Crippen LogP contribution in [0.2, 0.25) is 0 Å². The summed E-state index contributed by atoms with van der Waals surface area (Å²) in [4.78, 5) is 4.40. The van der Waals surface area contributed by atoms with Crippen molar-refractivity contribution in [1.29, 1.82) is 0 Å². The van der Waals surface area contributed by atoms with Crippen LogP contribution in [-0.2, 0) is 6.54 Å². The molecule has 0 unspecified atom stereocenters. The van der Waals surface area contributed by atoms with Gasteiger partial charge in [0.2, 0.25) is 0 Å². The first-order valence-electron chi connectivity index (χ1n) is 4.73. The Balaban J connectivity index is 1.82. The lowest BCUT2D eigenvalue weighted by atomic mass is 10.2. The number of hydrogen-bond donors (Lipinski definition) is 1. The van der Waals surface area contributed by atoms with E-state index in [0.29, 0.717) is 0 Å². The van der Waals surface area contributed by atoms with Crippen LogP contribution in [0.25, 0.3) is 0 Å². The molecule has 0 radical (unpaired) electrons. The fourth-order valence-corrected chi connectivity index (χ4v) is 1.44. The summed E-state index contributed by atoms with van der Waals surface area (Å²) in [5, 5.41) is 3.31. The Bertz CT molecular complexity index is 277. The van der Waals surface area contributed by atoms with Gasteiger partial charge in [0.05, 0.1) is 18.4 Å². The van der Waals surface area contributed by atoms with Gasteiger partial charge in [0.25, 0.3) is 0 Å². The van der Waals surface area contributed by atoms with E-state index in [1.54, 1.807) is 12.5 Å². The summed E-state index contributed by atoms with van der Waals surface area (Å²) in [6, 6.07) is 1.97.